The fourth-order valence-electron chi connectivity index (χ4n) is 2.95. The van der Waals surface area contributed by atoms with Gasteiger partial charge in [-0.05, 0) is 66.4 Å². The standard InChI is InChI=1S/C16H25BrN2/c1-12(18-2)14-8-9-16(15(17)10-14)19(3)11-13-6-4-5-7-13/h8-10,12-13,18H,4-7,11H2,1-3H3. The van der Waals surface area contributed by atoms with Crippen molar-refractivity contribution in [2.75, 3.05) is 25.5 Å². The van der Waals surface area contributed by atoms with Crippen molar-refractivity contribution < 1.29 is 0 Å². The molecule has 3 heteroatoms. The Balaban J connectivity index is 2.06. The molecule has 1 saturated carbocycles. The molecule has 0 radical (unpaired) electrons. The van der Waals surface area contributed by atoms with Crippen LogP contribution < -0.4 is 10.2 Å². The number of benzene rings is 1. The largest absolute Gasteiger partial charge is 0.373 e. The summed E-state index contributed by atoms with van der Waals surface area (Å²) in [4.78, 5) is 2.40. The minimum absolute atomic E-state index is 0.394. The zero-order chi connectivity index (χ0) is 13.8. The molecule has 1 aromatic carbocycles. The maximum absolute atomic E-state index is 3.73. The van der Waals surface area contributed by atoms with Crippen LogP contribution in [0.15, 0.2) is 22.7 Å². The first-order valence-corrected chi connectivity index (χ1v) is 8.09. The Hall–Kier alpha value is -0.540. The van der Waals surface area contributed by atoms with Crippen LogP contribution in [0.1, 0.15) is 44.2 Å². The smallest absolute Gasteiger partial charge is 0.0508 e. The summed E-state index contributed by atoms with van der Waals surface area (Å²) in [5.74, 6) is 0.882. The van der Waals surface area contributed by atoms with Gasteiger partial charge in [-0.15, -0.1) is 0 Å². The van der Waals surface area contributed by atoms with Gasteiger partial charge in [0.05, 0.1) is 5.69 Å². The van der Waals surface area contributed by atoms with E-state index in [1.165, 1.54) is 48.0 Å². The maximum atomic E-state index is 3.73. The molecule has 1 N–H and O–H groups in total. The van der Waals surface area contributed by atoms with E-state index >= 15 is 0 Å². The monoisotopic (exact) mass is 324 g/mol. The van der Waals surface area contributed by atoms with Crippen LogP contribution in [0.4, 0.5) is 5.69 Å². The molecule has 0 aromatic heterocycles. The van der Waals surface area contributed by atoms with Gasteiger partial charge in [-0.2, -0.15) is 0 Å². The van der Waals surface area contributed by atoms with E-state index < -0.39 is 0 Å². The average Bonchev–Trinajstić information content (AvgIpc) is 2.90. The Morgan fingerprint density at radius 3 is 2.63 bits per heavy atom. The second-order valence-corrected chi connectivity index (χ2v) is 6.61. The van der Waals surface area contributed by atoms with Gasteiger partial charge in [-0.1, -0.05) is 18.9 Å². The van der Waals surface area contributed by atoms with E-state index in [0.717, 1.165) is 5.92 Å². The zero-order valence-electron chi connectivity index (χ0n) is 12.2. The van der Waals surface area contributed by atoms with E-state index in [0.29, 0.717) is 6.04 Å². The lowest BCUT2D eigenvalue weighted by Crippen LogP contribution is -2.24. The quantitative estimate of drug-likeness (QED) is 0.865. The second kappa shape index (κ2) is 6.76. The number of hydrogen-bond acceptors (Lipinski definition) is 2. The normalized spacial score (nSPS) is 17.7. The lowest BCUT2D eigenvalue weighted by atomic mass is 10.1. The van der Waals surface area contributed by atoms with Crippen molar-refractivity contribution in [1.82, 2.24) is 5.32 Å². The van der Waals surface area contributed by atoms with Crippen LogP contribution in [0.5, 0.6) is 0 Å². The Kier molecular flexibility index (Phi) is 5.28. The Morgan fingerprint density at radius 1 is 1.37 bits per heavy atom. The Bertz CT molecular complexity index is 413. The summed E-state index contributed by atoms with van der Waals surface area (Å²) < 4.78 is 1.20. The van der Waals surface area contributed by atoms with Crippen molar-refractivity contribution in [3.05, 3.63) is 28.2 Å². The maximum Gasteiger partial charge on any atom is 0.0508 e. The number of nitrogens with zero attached hydrogens (tertiary/aromatic N) is 1. The molecule has 1 aliphatic rings. The topological polar surface area (TPSA) is 15.3 Å². The highest BCUT2D eigenvalue weighted by Gasteiger charge is 2.18. The van der Waals surface area contributed by atoms with Crippen molar-refractivity contribution in [2.45, 2.75) is 38.6 Å². The first kappa shape index (κ1) is 14.9. The van der Waals surface area contributed by atoms with E-state index in [-0.39, 0.29) is 0 Å². The summed E-state index contributed by atoms with van der Waals surface area (Å²) in [7, 11) is 4.21. The van der Waals surface area contributed by atoms with E-state index in [1.54, 1.807) is 0 Å². The minimum atomic E-state index is 0.394. The fourth-order valence-corrected chi connectivity index (χ4v) is 3.65. The molecular weight excluding hydrogens is 300 g/mol. The zero-order valence-corrected chi connectivity index (χ0v) is 13.8. The van der Waals surface area contributed by atoms with Gasteiger partial charge < -0.3 is 10.2 Å². The molecule has 1 aliphatic carbocycles. The molecule has 2 nitrogen and oxygen atoms in total. The van der Waals surface area contributed by atoms with Gasteiger partial charge in [0.2, 0.25) is 0 Å². The van der Waals surface area contributed by atoms with Gasteiger partial charge in [0.1, 0.15) is 0 Å². The van der Waals surface area contributed by atoms with Gasteiger partial charge >= 0.3 is 0 Å². The van der Waals surface area contributed by atoms with Crippen LogP contribution in [0, 0.1) is 5.92 Å². The summed E-state index contributed by atoms with van der Waals surface area (Å²) in [5, 5.41) is 3.28. The minimum Gasteiger partial charge on any atom is -0.373 e. The van der Waals surface area contributed by atoms with Crippen molar-refractivity contribution >= 4 is 21.6 Å². The molecule has 1 fully saturated rings. The highest BCUT2D eigenvalue weighted by Crippen LogP contribution is 2.31. The highest BCUT2D eigenvalue weighted by atomic mass is 79.9. The molecule has 2 rings (SSSR count). The molecule has 19 heavy (non-hydrogen) atoms. The first-order chi connectivity index (χ1) is 9.11. The van der Waals surface area contributed by atoms with Crippen LogP contribution in [0.3, 0.4) is 0 Å². The van der Waals surface area contributed by atoms with Gasteiger partial charge in [-0.25, -0.2) is 0 Å². The van der Waals surface area contributed by atoms with Gasteiger partial charge in [0.15, 0.2) is 0 Å². The molecule has 1 aromatic rings. The van der Waals surface area contributed by atoms with Crippen LogP contribution in [-0.4, -0.2) is 20.6 Å². The third-order valence-electron chi connectivity index (χ3n) is 4.32. The van der Waals surface area contributed by atoms with Crippen LogP contribution in [0.25, 0.3) is 0 Å². The summed E-state index contributed by atoms with van der Waals surface area (Å²) >= 11 is 3.73. The van der Waals surface area contributed by atoms with Crippen LogP contribution in [-0.2, 0) is 0 Å². The molecular formula is C16H25BrN2. The predicted molar refractivity (Wildman–Crippen MR) is 86.8 cm³/mol. The van der Waals surface area contributed by atoms with Gasteiger partial charge in [0, 0.05) is 24.1 Å². The number of rotatable bonds is 5. The predicted octanol–water partition coefficient (Wildman–Crippen LogP) is 4.36. The summed E-state index contributed by atoms with van der Waals surface area (Å²) in [6, 6.07) is 7.10. The molecule has 0 bridgehead atoms. The number of halogens is 1. The van der Waals surface area contributed by atoms with Crippen molar-refractivity contribution in [3.63, 3.8) is 0 Å². The highest BCUT2D eigenvalue weighted by molar-refractivity contribution is 9.10. The second-order valence-electron chi connectivity index (χ2n) is 5.75. The third-order valence-corrected chi connectivity index (χ3v) is 4.96. The lowest BCUT2D eigenvalue weighted by Gasteiger charge is -2.25. The summed E-state index contributed by atoms with van der Waals surface area (Å²) in [5.41, 5.74) is 2.63. The van der Waals surface area contributed by atoms with Gasteiger partial charge in [0.25, 0.3) is 0 Å². The first-order valence-electron chi connectivity index (χ1n) is 7.29. The van der Waals surface area contributed by atoms with E-state index in [9.17, 15) is 0 Å². The Labute approximate surface area is 125 Å². The molecule has 0 amide bonds. The molecule has 1 unspecified atom stereocenters. The van der Waals surface area contributed by atoms with Crippen molar-refractivity contribution in [1.29, 1.82) is 0 Å². The summed E-state index contributed by atoms with van der Waals surface area (Å²) in [6.07, 6.45) is 5.63. The summed E-state index contributed by atoms with van der Waals surface area (Å²) in [6.45, 7) is 3.36. The van der Waals surface area contributed by atoms with Crippen molar-refractivity contribution in [2.24, 2.45) is 5.92 Å². The van der Waals surface area contributed by atoms with Crippen LogP contribution in [0.2, 0.25) is 0 Å². The SMILES string of the molecule is CNC(C)c1ccc(N(C)CC2CCCC2)c(Br)c1. The molecule has 0 aliphatic heterocycles. The molecule has 0 heterocycles. The van der Waals surface area contributed by atoms with Crippen molar-refractivity contribution in [3.8, 4) is 0 Å². The number of nitrogens with one attached hydrogen (secondary N) is 1. The third kappa shape index (κ3) is 3.73. The Morgan fingerprint density at radius 2 is 2.05 bits per heavy atom. The average molecular weight is 325 g/mol. The number of anilines is 1. The lowest BCUT2D eigenvalue weighted by molar-refractivity contribution is 0.546. The fraction of sp³-hybridized carbons (Fsp3) is 0.625. The van der Waals surface area contributed by atoms with E-state index in [2.05, 4.69) is 58.3 Å². The van der Waals surface area contributed by atoms with Crippen LogP contribution >= 0.6 is 15.9 Å². The van der Waals surface area contributed by atoms with Gasteiger partial charge in [-0.3, -0.25) is 0 Å². The van der Waals surface area contributed by atoms with E-state index in [1.807, 2.05) is 7.05 Å². The van der Waals surface area contributed by atoms with E-state index in [4.69, 9.17) is 0 Å². The molecule has 106 valence electrons. The molecule has 0 saturated heterocycles. The number of hydrogen-bond donors (Lipinski definition) is 1. The molecule has 1 atom stereocenters. The molecule has 0 spiro atoms.